The van der Waals surface area contributed by atoms with Crippen LogP contribution >= 0.6 is 0 Å². The fourth-order valence-corrected chi connectivity index (χ4v) is 3.53. The summed E-state index contributed by atoms with van der Waals surface area (Å²) in [5.74, 6) is 0.552. The molecule has 1 aliphatic heterocycles. The number of hydrogen-bond donors (Lipinski definition) is 1. The second-order valence-electron chi connectivity index (χ2n) is 6.89. The van der Waals surface area contributed by atoms with Gasteiger partial charge in [-0.1, -0.05) is 35.9 Å². The summed E-state index contributed by atoms with van der Waals surface area (Å²) in [4.78, 5) is 15.0. The zero-order chi connectivity index (χ0) is 18.1. The van der Waals surface area contributed by atoms with Crippen LogP contribution in [0.3, 0.4) is 0 Å². The summed E-state index contributed by atoms with van der Waals surface area (Å²) in [6.45, 7) is 4.81. The second kappa shape index (κ2) is 6.71. The van der Waals surface area contributed by atoms with Gasteiger partial charge in [0.05, 0.1) is 18.4 Å². The maximum absolute atomic E-state index is 12.7. The average Bonchev–Trinajstić information content (AvgIpc) is 3.22. The molecule has 4 heteroatoms. The molecule has 0 radical (unpaired) electrons. The van der Waals surface area contributed by atoms with Gasteiger partial charge in [0.1, 0.15) is 5.76 Å². The number of carbonyl (C=O) groups is 1. The molecule has 1 aliphatic rings. The van der Waals surface area contributed by atoms with Gasteiger partial charge in [-0.3, -0.25) is 4.79 Å². The van der Waals surface area contributed by atoms with Crippen molar-refractivity contribution < 1.29 is 9.21 Å². The number of aryl methyl sites for hydroxylation is 1. The Morgan fingerprint density at radius 1 is 1.15 bits per heavy atom. The molecule has 3 aromatic rings. The molecule has 26 heavy (non-hydrogen) atoms. The third-order valence-corrected chi connectivity index (χ3v) is 4.96. The van der Waals surface area contributed by atoms with E-state index in [0.29, 0.717) is 23.9 Å². The third kappa shape index (κ3) is 3.10. The molecule has 4 nitrogen and oxygen atoms in total. The second-order valence-corrected chi connectivity index (χ2v) is 6.89. The predicted molar refractivity (Wildman–Crippen MR) is 104 cm³/mol. The molecule has 0 spiro atoms. The first-order valence-corrected chi connectivity index (χ1v) is 8.91. The van der Waals surface area contributed by atoms with Gasteiger partial charge in [0, 0.05) is 17.4 Å². The van der Waals surface area contributed by atoms with Gasteiger partial charge in [0.15, 0.2) is 0 Å². The normalized spacial score (nSPS) is 15.8. The van der Waals surface area contributed by atoms with E-state index in [4.69, 9.17) is 4.42 Å². The number of hydrogen-bond acceptors (Lipinski definition) is 3. The van der Waals surface area contributed by atoms with Gasteiger partial charge in [0.2, 0.25) is 0 Å². The van der Waals surface area contributed by atoms with Crippen LogP contribution in [0.1, 0.15) is 34.2 Å². The highest BCUT2D eigenvalue weighted by Gasteiger charge is 2.27. The van der Waals surface area contributed by atoms with E-state index >= 15 is 0 Å². The van der Waals surface area contributed by atoms with Crippen LogP contribution < -0.4 is 10.2 Å². The van der Waals surface area contributed by atoms with E-state index in [1.165, 1.54) is 11.3 Å². The molecule has 1 N–H and O–H groups in total. The van der Waals surface area contributed by atoms with Crippen molar-refractivity contribution >= 4 is 17.3 Å². The number of para-hydroxylation sites is 1. The van der Waals surface area contributed by atoms with Crippen LogP contribution in [-0.4, -0.2) is 11.9 Å². The van der Waals surface area contributed by atoms with Crippen LogP contribution in [0.5, 0.6) is 0 Å². The molecule has 132 valence electrons. The molecular formula is C22H22N2O2. The minimum Gasteiger partial charge on any atom is -0.467 e. The Morgan fingerprint density at radius 3 is 2.73 bits per heavy atom. The van der Waals surface area contributed by atoms with Gasteiger partial charge in [-0.25, -0.2) is 0 Å². The molecule has 2 heterocycles. The number of benzene rings is 2. The number of rotatable bonds is 4. The SMILES string of the molecule is Cc1ccc(NC(=O)c2ccoc2CN2c3ccccc3CC2C)cc1. The van der Waals surface area contributed by atoms with E-state index in [9.17, 15) is 4.79 Å². The lowest BCUT2D eigenvalue weighted by molar-refractivity contribution is 0.102. The number of nitrogens with one attached hydrogen (secondary N) is 1. The summed E-state index contributed by atoms with van der Waals surface area (Å²) < 4.78 is 5.67. The molecule has 0 aliphatic carbocycles. The molecule has 0 saturated carbocycles. The smallest absolute Gasteiger partial charge is 0.259 e. The first-order chi connectivity index (χ1) is 12.6. The first-order valence-electron chi connectivity index (χ1n) is 8.91. The number of amides is 1. The maximum atomic E-state index is 12.7. The van der Waals surface area contributed by atoms with Crippen molar-refractivity contribution in [1.82, 2.24) is 0 Å². The van der Waals surface area contributed by atoms with Gasteiger partial charge >= 0.3 is 0 Å². The lowest BCUT2D eigenvalue weighted by atomic mass is 10.1. The summed E-state index contributed by atoms with van der Waals surface area (Å²) in [5, 5.41) is 2.95. The van der Waals surface area contributed by atoms with Gasteiger partial charge in [-0.05, 0) is 50.1 Å². The van der Waals surface area contributed by atoms with Crippen LogP contribution in [-0.2, 0) is 13.0 Å². The zero-order valence-corrected chi connectivity index (χ0v) is 15.0. The van der Waals surface area contributed by atoms with Gasteiger partial charge < -0.3 is 14.6 Å². The number of nitrogens with zero attached hydrogens (tertiary/aromatic N) is 1. The molecule has 2 aromatic carbocycles. The van der Waals surface area contributed by atoms with Crippen LogP contribution in [0.4, 0.5) is 11.4 Å². The molecule has 1 amide bonds. The highest BCUT2D eigenvalue weighted by molar-refractivity contribution is 6.05. The Morgan fingerprint density at radius 2 is 1.92 bits per heavy atom. The Balaban J connectivity index is 1.54. The monoisotopic (exact) mass is 346 g/mol. The quantitative estimate of drug-likeness (QED) is 0.739. The minimum absolute atomic E-state index is 0.141. The van der Waals surface area contributed by atoms with Crippen molar-refractivity contribution in [3.05, 3.63) is 83.3 Å². The molecule has 4 rings (SSSR count). The minimum atomic E-state index is -0.141. The fraction of sp³-hybridized carbons (Fsp3) is 0.227. The first kappa shape index (κ1) is 16.5. The van der Waals surface area contributed by atoms with Crippen molar-refractivity contribution in [3.63, 3.8) is 0 Å². The largest absolute Gasteiger partial charge is 0.467 e. The Bertz CT molecular complexity index is 927. The highest BCUT2D eigenvalue weighted by atomic mass is 16.3. The molecule has 0 bridgehead atoms. The van der Waals surface area contributed by atoms with Crippen LogP contribution in [0.2, 0.25) is 0 Å². The topological polar surface area (TPSA) is 45.5 Å². The predicted octanol–water partition coefficient (Wildman–Crippen LogP) is 4.79. The van der Waals surface area contributed by atoms with E-state index in [0.717, 1.165) is 17.7 Å². The van der Waals surface area contributed by atoms with Gasteiger partial charge in [-0.15, -0.1) is 0 Å². The van der Waals surface area contributed by atoms with Crippen molar-refractivity contribution in [2.24, 2.45) is 0 Å². The zero-order valence-electron chi connectivity index (χ0n) is 15.0. The Labute approximate surface area is 153 Å². The van der Waals surface area contributed by atoms with Crippen LogP contribution in [0.25, 0.3) is 0 Å². The van der Waals surface area contributed by atoms with Crippen molar-refractivity contribution in [3.8, 4) is 0 Å². The van der Waals surface area contributed by atoms with E-state index < -0.39 is 0 Å². The van der Waals surface area contributed by atoms with Gasteiger partial charge in [-0.2, -0.15) is 0 Å². The number of fused-ring (bicyclic) bond motifs is 1. The molecule has 0 fully saturated rings. The van der Waals surface area contributed by atoms with Crippen molar-refractivity contribution in [2.75, 3.05) is 10.2 Å². The molecule has 0 saturated heterocycles. The lowest BCUT2D eigenvalue weighted by Crippen LogP contribution is -2.29. The molecule has 1 aromatic heterocycles. The summed E-state index contributed by atoms with van der Waals surface area (Å²) >= 11 is 0. The van der Waals surface area contributed by atoms with Crippen LogP contribution in [0.15, 0.2) is 65.3 Å². The summed E-state index contributed by atoms with van der Waals surface area (Å²) in [7, 11) is 0. The van der Waals surface area contributed by atoms with E-state index in [-0.39, 0.29) is 5.91 Å². The number of anilines is 2. The maximum Gasteiger partial charge on any atom is 0.259 e. The van der Waals surface area contributed by atoms with Crippen molar-refractivity contribution in [1.29, 1.82) is 0 Å². The summed E-state index contributed by atoms with van der Waals surface area (Å²) in [6, 6.07) is 18.3. The fourth-order valence-electron chi connectivity index (χ4n) is 3.53. The van der Waals surface area contributed by atoms with Gasteiger partial charge in [0.25, 0.3) is 5.91 Å². The van der Waals surface area contributed by atoms with Crippen molar-refractivity contribution in [2.45, 2.75) is 32.9 Å². The highest BCUT2D eigenvalue weighted by Crippen LogP contribution is 2.33. The molecule has 1 unspecified atom stereocenters. The standard InChI is InChI=1S/C22H22N2O2/c1-15-7-9-18(10-8-15)23-22(25)19-11-12-26-21(19)14-24-16(2)13-17-5-3-4-6-20(17)24/h3-12,16H,13-14H2,1-2H3,(H,23,25). The lowest BCUT2D eigenvalue weighted by Gasteiger charge is -2.24. The average molecular weight is 346 g/mol. The number of furan rings is 1. The summed E-state index contributed by atoms with van der Waals surface area (Å²) in [6.07, 6.45) is 2.60. The van der Waals surface area contributed by atoms with Crippen LogP contribution in [0, 0.1) is 6.92 Å². The summed E-state index contributed by atoms with van der Waals surface area (Å²) in [5.41, 5.74) is 5.10. The molecular weight excluding hydrogens is 324 g/mol. The van der Waals surface area contributed by atoms with E-state index in [2.05, 4.69) is 41.4 Å². The molecule has 1 atom stereocenters. The van der Waals surface area contributed by atoms with E-state index in [1.807, 2.05) is 31.2 Å². The van der Waals surface area contributed by atoms with E-state index in [1.54, 1.807) is 12.3 Å². The number of carbonyl (C=O) groups excluding carboxylic acids is 1. The Kier molecular flexibility index (Phi) is 4.25. The third-order valence-electron chi connectivity index (χ3n) is 4.96. The Hall–Kier alpha value is -3.01.